The normalized spacial score (nSPS) is 11.0. The summed E-state index contributed by atoms with van der Waals surface area (Å²) >= 11 is 1.61. The van der Waals surface area contributed by atoms with E-state index in [4.69, 9.17) is 4.74 Å². The summed E-state index contributed by atoms with van der Waals surface area (Å²) in [5.74, 6) is 1.77. The zero-order chi connectivity index (χ0) is 18.5. The van der Waals surface area contributed by atoms with Crippen LogP contribution in [-0.4, -0.2) is 29.0 Å². The number of hydrogen-bond acceptors (Lipinski definition) is 4. The molecule has 4 nitrogen and oxygen atoms in total. The zero-order valence-electron chi connectivity index (χ0n) is 14.4. The van der Waals surface area contributed by atoms with Gasteiger partial charge in [0.1, 0.15) is 11.5 Å². The van der Waals surface area contributed by atoms with Crippen molar-refractivity contribution in [1.82, 2.24) is 9.55 Å². The third-order valence-corrected chi connectivity index (χ3v) is 4.54. The molecule has 1 heterocycles. The summed E-state index contributed by atoms with van der Waals surface area (Å²) in [5, 5.41) is 0.834. The summed E-state index contributed by atoms with van der Waals surface area (Å²) in [6, 6.07) is 14.2. The Morgan fingerprint density at radius 2 is 1.69 bits per heavy atom. The average Bonchev–Trinajstić information content (AvgIpc) is 3.06. The van der Waals surface area contributed by atoms with Gasteiger partial charge in [0.05, 0.1) is 19.0 Å². The first-order valence-electron chi connectivity index (χ1n) is 8.02. The second-order valence-corrected chi connectivity index (χ2v) is 6.53. The third kappa shape index (κ3) is 3.99. The molecule has 136 valence electrons. The number of halogens is 2. The number of imidazole rings is 1. The molecule has 7 heteroatoms. The molecule has 1 aromatic heterocycles. The molecule has 0 unspecified atom stereocenters. The lowest BCUT2D eigenvalue weighted by atomic mass is 10.1. The molecule has 0 radical (unpaired) electrons. The van der Waals surface area contributed by atoms with Gasteiger partial charge in [-0.1, -0.05) is 18.7 Å². The summed E-state index contributed by atoms with van der Waals surface area (Å²) in [6.07, 6.45) is 1.81. The maximum Gasteiger partial charge on any atom is 0.387 e. The van der Waals surface area contributed by atoms with Crippen molar-refractivity contribution in [1.29, 1.82) is 0 Å². The molecule has 0 aliphatic heterocycles. The molecular formula is C19H18F2N2O2S. The average molecular weight is 376 g/mol. The fourth-order valence-electron chi connectivity index (χ4n) is 2.56. The molecule has 0 aliphatic rings. The van der Waals surface area contributed by atoms with Crippen molar-refractivity contribution in [3.05, 3.63) is 54.7 Å². The Bertz CT molecular complexity index is 849. The SMILES string of the molecule is CCSc1ncc(-c2ccc(OC)cc2)n1-c1ccc(OC(F)F)cc1. The van der Waals surface area contributed by atoms with Crippen molar-refractivity contribution >= 4 is 11.8 Å². The Kier molecular flexibility index (Phi) is 5.78. The highest BCUT2D eigenvalue weighted by Gasteiger charge is 2.14. The van der Waals surface area contributed by atoms with Gasteiger partial charge in [0.2, 0.25) is 0 Å². The number of rotatable bonds is 7. The second-order valence-electron chi connectivity index (χ2n) is 5.30. The Hall–Kier alpha value is -2.54. The monoisotopic (exact) mass is 376 g/mol. The van der Waals surface area contributed by atoms with Crippen molar-refractivity contribution < 1.29 is 18.3 Å². The second kappa shape index (κ2) is 8.23. The van der Waals surface area contributed by atoms with E-state index in [1.54, 1.807) is 31.0 Å². The number of nitrogens with zero attached hydrogens (tertiary/aromatic N) is 2. The van der Waals surface area contributed by atoms with E-state index in [1.165, 1.54) is 12.1 Å². The maximum absolute atomic E-state index is 12.4. The summed E-state index contributed by atoms with van der Waals surface area (Å²) in [6.45, 7) is -0.786. The maximum atomic E-state index is 12.4. The lowest BCUT2D eigenvalue weighted by molar-refractivity contribution is -0.0498. The molecule has 0 amide bonds. The quantitative estimate of drug-likeness (QED) is 0.527. The van der Waals surface area contributed by atoms with Gasteiger partial charge in [-0.05, 0) is 54.3 Å². The molecule has 3 rings (SSSR count). The van der Waals surface area contributed by atoms with Crippen LogP contribution in [0.1, 0.15) is 6.92 Å². The van der Waals surface area contributed by atoms with E-state index in [-0.39, 0.29) is 5.75 Å². The summed E-state index contributed by atoms with van der Waals surface area (Å²) in [5.41, 5.74) is 2.71. The van der Waals surface area contributed by atoms with Crippen LogP contribution in [0.4, 0.5) is 8.78 Å². The first-order chi connectivity index (χ1) is 12.6. The fourth-order valence-corrected chi connectivity index (χ4v) is 3.28. The van der Waals surface area contributed by atoms with Crippen LogP contribution in [-0.2, 0) is 0 Å². The highest BCUT2D eigenvalue weighted by Crippen LogP contribution is 2.31. The van der Waals surface area contributed by atoms with Crippen molar-refractivity contribution in [2.45, 2.75) is 18.7 Å². The molecule has 2 aromatic carbocycles. The number of hydrogen-bond donors (Lipinski definition) is 0. The predicted molar refractivity (Wildman–Crippen MR) is 98.6 cm³/mol. The third-order valence-electron chi connectivity index (χ3n) is 3.71. The molecule has 0 saturated carbocycles. The predicted octanol–water partition coefficient (Wildman–Crippen LogP) is 5.26. The smallest absolute Gasteiger partial charge is 0.387 e. The van der Waals surface area contributed by atoms with Gasteiger partial charge in [-0.3, -0.25) is 4.57 Å². The van der Waals surface area contributed by atoms with Gasteiger partial charge < -0.3 is 9.47 Å². The van der Waals surface area contributed by atoms with E-state index in [2.05, 4.69) is 16.6 Å². The molecule has 0 aliphatic carbocycles. The first-order valence-corrected chi connectivity index (χ1v) is 9.01. The van der Waals surface area contributed by atoms with Crippen LogP contribution < -0.4 is 9.47 Å². The highest BCUT2D eigenvalue weighted by molar-refractivity contribution is 7.99. The van der Waals surface area contributed by atoms with Gasteiger partial charge in [0, 0.05) is 11.3 Å². The molecule has 0 atom stereocenters. The minimum absolute atomic E-state index is 0.125. The van der Waals surface area contributed by atoms with Crippen LogP contribution in [0.15, 0.2) is 59.9 Å². The van der Waals surface area contributed by atoms with Crippen LogP contribution in [0.2, 0.25) is 0 Å². The van der Waals surface area contributed by atoms with Crippen LogP contribution in [0.25, 0.3) is 16.9 Å². The van der Waals surface area contributed by atoms with Crippen molar-refractivity contribution in [3.63, 3.8) is 0 Å². The largest absolute Gasteiger partial charge is 0.497 e. The molecule has 0 bridgehead atoms. The lowest BCUT2D eigenvalue weighted by Crippen LogP contribution is -2.03. The van der Waals surface area contributed by atoms with Crippen molar-refractivity contribution in [2.24, 2.45) is 0 Å². The standard InChI is InChI=1S/C19H18F2N2O2S/c1-3-26-19-22-12-17(13-4-8-15(24-2)9-5-13)23(19)14-6-10-16(11-7-14)25-18(20)21/h4-12,18H,3H2,1-2H3. The highest BCUT2D eigenvalue weighted by atomic mass is 32.2. The molecule has 26 heavy (non-hydrogen) atoms. The van der Waals surface area contributed by atoms with Crippen LogP contribution >= 0.6 is 11.8 Å². The molecule has 3 aromatic rings. The summed E-state index contributed by atoms with van der Waals surface area (Å²) in [4.78, 5) is 4.52. The Morgan fingerprint density at radius 3 is 2.27 bits per heavy atom. The topological polar surface area (TPSA) is 36.3 Å². The number of alkyl halides is 2. The Balaban J connectivity index is 2.02. The fraction of sp³-hybridized carbons (Fsp3) is 0.211. The number of benzene rings is 2. The van der Waals surface area contributed by atoms with Crippen LogP contribution in [0.5, 0.6) is 11.5 Å². The number of thioether (sulfide) groups is 1. The Morgan fingerprint density at radius 1 is 1.04 bits per heavy atom. The van der Waals surface area contributed by atoms with E-state index in [9.17, 15) is 8.78 Å². The van der Waals surface area contributed by atoms with Gasteiger partial charge in [0.25, 0.3) is 0 Å². The molecule has 0 saturated heterocycles. The first kappa shape index (κ1) is 18.3. The zero-order valence-corrected chi connectivity index (χ0v) is 15.2. The van der Waals surface area contributed by atoms with Crippen LogP contribution in [0.3, 0.4) is 0 Å². The van der Waals surface area contributed by atoms with Gasteiger partial charge in [-0.2, -0.15) is 8.78 Å². The van der Waals surface area contributed by atoms with Gasteiger partial charge in [-0.15, -0.1) is 0 Å². The lowest BCUT2D eigenvalue weighted by Gasteiger charge is -2.13. The summed E-state index contributed by atoms with van der Waals surface area (Å²) < 4.78 is 36.3. The van der Waals surface area contributed by atoms with Gasteiger partial charge in [-0.25, -0.2) is 4.98 Å². The molecule has 0 fully saturated rings. The van der Waals surface area contributed by atoms with E-state index in [0.29, 0.717) is 0 Å². The number of ether oxygens (including phenoxy) is 2. The van der Waals surface area contributed by atoms with E-state index in [1.807, 2.05) is 35.0 Å². The minimum atomic E-state index is -2.84. The Labute approximate surface area is 154 Å². The number of aromatic nitrogens is 2. The van der Waals surface area contributed by atoms with Gasteiger partial charge >= 0.3 is 6.61 Å². The van der Waals surface area contributed by atoms with Gasteiger partial charge in [0.15, 0.2) is 5.16 Å². The minimum Gasteiger partial charge on any atom is -0.497 e. The van der Waals surface area contributed by atoms with E-state index < -0.39 is 6.61 Å². The van der Waals surface area contributed by atoms with E-state index in [0.717, 1.165) is 33.6 Å². The molecular weight excluding hydrogens is 358 g/mol. The van der Waals surface area contributed by atoms with Crippen LogP contribution in [0, 0.1) is 0 Å². The molecule has 0 spiro atoms. The van der Waals surface area contributed by atoms with E-state index >= 15 is 0 Å². The van der Waals surface area contributed by atoms with Crippen molar-refractivity contribution in [3.8, 4) is 28.4 Å². The summed E-state index contributed by atoms with van der Waals surface area (Å²) in [7, 11) is 1.62. The molecule has 0 N–H and O–H groups in total. The number of methoxy groups -OCH3 is 1. The van der Waals surface area contributed by atoms with Crippen molar-refractivity contribution in [2.75, 3.05) is 12.9 Å².